The molecule has 0 radical (unpaired) electrons. The molecule has 2 saturated heterocycles. The maximum Gasteiger partial charge on any atom is 0.354 e. The molecule has 0 spiro atoms. The van der Waals surface area contributed by atoms with Crippen molar-refractivity contribution in [1.29, 1.82) is 0 Å². The Kier molecular flexibility index (Phi) is 6.11. The van der Waals surface area contributed by atoms with Crippen molar-refractivity contribution in [1.82, 2.24) is 14.9 Å². The average molecular weight is 451 g/mol. The van der Waals surface area contributed by atoms with Gasteiger partial charge in [-0.05, 0) is 61.4 Å². The second-order valence-electron chi connectivity index (χ2n) is 8.53. The maximum absolute atomic E-state index is 13.3. The van der Waals surface area contributed by atoms with Crippen molar-refractivity contribution < 1.29 is 19.0 Å². The third-order valence-electron chi connectivity index (χ3n) is 6.57. The Morgan fingerprint density at radius 3 is 2.24 bits per heavy atom. The number of imidazole rings is 1. The van der Waals surface area contributed by atoms with Gasteiger partial charge in [-0.25, -0.2) is 14.2 Å². The van der Waals surface area contributed by atoms with Crippen molar-refractivity contribution >= 4 is 11.7 Å². The van der Waals surface area contributed by atoms with Crippen LogP contribution >= 0.6 is 0 Å². The SMILES string of the molecule is O=C(O)c1[nH]c(-c2ccc(N3CCC(N4CCOCC4)CC3)cc2)nc1-c1ccc(F)cc1. The summed E-state index contributed by atoms with van der Waals surface area (Å²) >= 11 is 0. The molecule has 0 aliphatic carbocycles. The number of benzene rings is 2. The van der Waals surface area contributed by atoms with E-state index in [1.54, 1.807) is 0 Å². The highest BCUT2D eigenvalue weighted by Crippen LogP contribution is 2.29. The number of carboxylic acid groups (broad SMARTS) is 1. The fraction of sp³-hybridized carbons (Fsp3) is 0.360. The lowest BCUT2D eigenvalue weighted by Crippen LogP contribution is -2.49. The lowest BCUT2D eigenvalue weighted by atomic mass is 10.0. The van der Waals surface area contributed by atoms with Crippen molar-refractivity contribution in [2.75, 3.05) is 44.3 Å². The number of hydrogen-bond acceptors (Lipinski definition) is 5. The van der Waals surface area contributed by atoms with Gasteiger partial charge in [0.25, 0.3) is 0 Å². The summed E-state index contributed by atoms with van der Waals surface area (Å²) in [5, 5.41) is 9.61. The molecule has 2 aliphatic rings. The Balaban J connectivity index is 1.30. The number of aromatic amines is 1. The van der Waals surface area contributed by atoms with E-state index in [0.29, 0.717) is 23.1 Å². The molecule has 3 heterocycles. The number of ether oxygens (including phenoxy) is 1. The first-order valence-electron chi connectivity index (χ1n) is 11.3. The Morgan fingerprint density at radius 1 is 0.970 bits per heavy atom. The molecule has 3 aromatic rings. The molecule has 1 aromatic heterocycles. The Morgan fingerprint density at radius 2 is 1.61 bits per heavy atom. The second-order valence-corrected chi connectivity index (χ2v) is 8.53. The first kappa shape index (κ1) is 21.6. The number of anilines is 1. The quantitative estimate of drug-likeness (QED) is 0.614. The third-order valence-corrected chi connectivity index (χ3v) is 6.57. The summed E-state index contributed by atoms with van der Waals surface area (Å²) in [4.78, 5) is 24.1. The van der Waals surface area contributed by atoms with E-state index < -0.39 is 5.97 Å². The van der Waals surface area contributed by atoms with Crippen LogP contribution in [0.25, 0.3) is 22.6 Å². The number of H-pyrrole nitrogens is 1. The Bertz CT molecular complexity index is 1100. The van der Waals surface area contributed by atoms with Crippen molar-refractivity contribution in [3.05, 3.63) is 60.0 Å². The molecule has 2 aromatic carbocycles. The molecule has 172 valence electrons. The third kappa shape index (κ3) is 4.62. The summed E-state index contributed by atoms with van der Waals surface area (Å²) in [6.45, 7) is 5.75. The molecular weight excluding hydrogens is 423 g/mol. The number of aromatic nitrogens is 2. The normalized spacial score (nSPS) is 17.9. The van der Waals surface area contributed by atoms with E-state index in [0.717, 1.165) is 63.5 Å². The van der Waals surface area contributed by atoms with Gasteiger partial charge in [-0.1, -0.05) is 0 Å². The number of hydrogen-bond donors (Lipinski definition) is 2. The zero-order valence-corrected chi connectivity index (χ0v) is 18.3. The average Bonchev–Trinajstić information content (AvgIpc) is 3.31. The van der Waals surface area contributed by atoms with E-state index in [9.17, 15) is 14.3 Å². The van der Waals surface area contributed by atoms with Crippen LogP contribution in [0.1, 0.15) is 23.3 Å². The zero-order chi connectivity index (χ0) is 22.8. The van der Waals surface area contributed by atoms with Gasteiger partial charge in [0.15, 0.2) is 5.69 Å². The fourth-order valence-electron chi connectivity index (χ4n) is 4.74. The van der Waals surface area contributed by atoms with Crippen LogP contribution in [0, 0.1) is 5.82 Å². The number of nitrogens with zero attached hydrogens (tertiary/aromatic N) is 3. The Labute approximate surface area is 191 Å². The fourth-order valence-corrected chi connectivity index (χ4v) is 4.74. The van der Waals surface area contributed by atoms with Gasteiger partial charge in [-0.2, -0.15) is 0 Å². The largest absolute Gasteiger partial charge is 0.477 e. The Hall–Kier alpha value is -3.23. The highest BCUT2D eigenvalue weighted by Gasteiger charge is 2.26. The minimum absolute atomic E-state index is 0.00845. The molecule has 8 heteroatoms. The highest BCUT2D eigenvalue weighted by atomic mass is 19.1. The number of aromatic carboxylic acids is 1. The molecule has 0 unspecified atom stereocenters. The van der Waals surface area contributed by atoms with Crippen LogP contribution in [0.2, 0.25) is 0 Å². The van der Waals surface area contributed by atoms with Crippen molar-refractivity contribution in [3.8, 4) is 22.6 Å². The van der Waals surface area contributed by atoms with E-state index in [2.05, 4.69) is 31.9 Å². The minimum atomic E-state index is -1.10. The molecule has 0 bridgehead atoms. The van der Waals surface area contributed by atoms with Gasteiger partial charge < -0.3 is 19.7 Å². The van der Waals surface area contributed by atoms with Crippen molar-refractivity contribution in [2.45, 2.75) is 18.9 Å². The van der Waals surface area contributed by atoms with Crippen LogP contribution in [-0.4, -0.2) is 71.4 Å². The van der Waals surface area contributed by atoms with Crippen LogP contribution in [0.15, 0.2) is 48.5 Å². The summed E-state index contributed by atoms with van der Waals surface area (Å²) in [6, 6.07) is 14.3. The smallest absolute Gasteiger partial charge is 0.354 e. The number of carbonyl (C=O) groups is 1. The van der Waals surface area contributed by atoms with E-state index in [1.165, 1.54) is 24.3 Å². The summed E-state index contributed by atoms with van der Waals surface area (Å²) in [6.07, 6.45) is 2.28. The van der Waals surface area contributed by atoms with Crippen LogP contribution in [0.4, 0.5) is 10.1 Å². The number of rotatable bonds is 5. The van der Waals surface area contributed by atoms with E-state index >= 15 is 0 Å². The van der Waals surface area contributed by atoms with E-state index in [1.807, 2.05) is 12.1 Å². The molecule has 33 heavy (non-hydrogen) atoms. The molecule has 2 fully saturated rings. The second kappa shape index (κ2) is 9.33. The monoisotopic (exact) mass is 450 g/mol. The molecular formula is C25H27FN4O3. The molecule has 2 N–H and O–H groups in total. The predicted octanol–water partition coefficient (Wildman–Crippen LogP) is 3.88. The molecule has 7 nitrogen and oxygen atoms in total. The predicted molar refractivity (Wildman–Crippen MR) is 124 cm³/mol. The number of halogens is 1. The van der Waals surface area contributed by atoms with E-state index in [-0.39, 0.29) is 11.5 Å². The van der Waals surface area contributed by atoms with Gasteiger partial charge >= 0.3 is 5.97 Å². The number of morpholine rings is 1. The lowest BCUT2D eigenvalue weighted by Gasteiger charge is -2.40. The van der Waals surface area contributed by atoms with Gasteiger partial charge in [0.05, 0.1) is 13.2 Å². The molecule has 0 saturated carbocycles. The summed E-state index contributed by atoms with van der Waals surface area (Å²) in [5.41, 5.74) is 2.80. The van der Waals surface area contributed by atoms with Crippen molar-refractivity contribution in [2.24, 2.45) is 0 Å². The van der Waals surface area contributed by atoms with Gasteiger partial charge in [0.1, 0.15) is 17.3 Å². The zero-order valence-electron chi connectivity index (χ0n) is 18.3. The van der Waals surface area contributed by atoms with Gasteiger partial charge in [0.2, 0.25) is 0 Å². The highest BCUT2D eigenvalue weighted by molar-refractivity contribution is 5.94. The van der Waals surface area contributed by atoms with Crippen LogP contribution in [-0.2, 0) is 4.74 Å². The standard InChI is InChI=1S/C25H27FN4O3/c26-19-5-1-17(2-6-19)22-23(25(31)32)28-24(27-22)18-3-7-20(8-4-18)29-11-9-21(10-12-29)30-13-15-33-16-14-30/h1-8,21H,9-16H2,(H,27,28)(H,31,32). The minimum Gasteiger partial charge on any atom is -0.477 e. The van der Waals surface area contributed by atoms with E-state index in [4.69, 9.17) is 4.74 Å². The lowest BCUT2D eigenvalue weighted by molar-refractivity contribution is 0.0115. The number of carboxylic acids is 1. The first-order valence-corrected chi connectivity index (χ1v) is 11.3. The summed E-state index contributed by atoms with van der Waals surface area (Å²) < 4.78 is 18.8. The topological polar surface area (TPSA) is 81.7 Å². The van der Waals surface area contributed by atoms with Gasteiger partial charge in [-0.3, -0.25) is 4.90 Å². The summed E-state index contributed by atoms with van der Waals surface area (Å²) in [5.74, 6) is -1.01. The van der Waals surface area contributed by atoms with Crippen LogP contribution < -0.4 is 4.90 Å². The van der Waals surface area contributed by atoms with Crippen LogP contribution in [0.5, 0.6) is 0 Å². The van der Waals surface area contributed by atoms with Crippen LogP contribution in [0.3, 0.4) is 0 Å². The molecule has 5 rings (SSSR count). The van der Waals surface area contributed by atoms with Gasteiger partial charge in [-0.15, -0.1) is 0 Å². The summed E-state index contributed by atoms with van der Waals surface area (Å²) in [7, 11) is 0. The van der Waals surface area contributed by atoms with Crippen molar-refractivity contribution in [3.63, 3.8) is 0 Å². The number of piperidine rings is 1. The molecule has 2 aliphatic heterocycles. The number of nitrogens with one attached hydrogen (secondary N) is 1. The molecule has 0 atom stereocenters. The maximum atomic E-state index is 13.3. The first-order chi connectivity index (χ1) is 16.1. The van der Waals surface area contributed by atoms with Gasteiger partial charge in [0, 0.05) is 49.0 Å². The molecule has 0 amide bonds.